The maximum Gasteiger partial charge on any atom is 0.415 e. The molecule has 1 saturated heterocycles. The van der Waals surface area contributed by atoms with Gasteiger partial charge in [0.15, 0.2) is 0 Å². The van der Waals surface area contributed by atoms with E-state index in [2.05, 4.69) is 0 Å². The minimum atomic E-state index is -0.693. The van der Waals surface area contributed by atoms with Crippen LogP contribution in [0.15, 0.2) is 18.2 Å². The molecule has 0 spiro atoms. The van der Waals surface area contributed by atoms with Crippen LogP contribution < -0.4 is 9.47 Å². The molecule has 2 atom stereocenters. The molecule has 1 amide bonds. The van der Waals surface area contributed by atoms with Crippen LogP contribution in [0.2, 0.25) is 5.02 Å². The molecule has 0 aromatic heterocycles. The Morgan fingerprint density at radius 2 is 2.12 bits per heavy atom. The molecule has 0 radical (unpaired) electrons. The van der Waals surface area contributed by atoms with Gasteiger partial charge in [0.25, 0.3) is 0 Å². The average Bonchev–Trinajstić information content (AvgIpc) is 3.15. The first-order valence-electron chi connectivity index (χ1n) is 8.15. The zero-order valence-electron chi connectivity index (χ0n) is 13.4. The fraction of sp³-hybridized carbons (Fsp3) is 0.588. The molecule has 1 saturated carbocycles. The maximum absolute atomic E-state index is 12.3. The number of carbonyl (C=O) groups excluding carboxylic acids is 1. The second-order valence-electron chi connectivity index (χ2n) is 6.47. The zero-order chi connectivity index (χ0) is 17.3. The minimum Gasteiger partial charge on any atom is -0.491 e. The molecule has 0 N–H and O–H groups in total. The molecule has 24 heavy (non-hydrogen) atoms. The van der Waals surface area contributed by atoms with Crippen molar-refractivity contribution in [3.05, 3.63) is 23.2 Å². The molecular weight excluding hydrogens is 373 g/mol. The molecule has 2 fully saturated rings. The number of nitrogens with zero attached hydrogens (tertiary/aromatic N) is 1. The zero-order valence-corrected chi connectivity index (χ0v) is 15.7. The molecule has 4 nitrogen and oxygen atoms in total. The van der Waals surface area contributed by atoms with Gasteiger partial charge >= 0.3 is 6.09 Å². The molecule has 1 aliphatic heterocycles. The lowest BCUT2D eigenvalue weighted by Gasteiger charge is -2.32. The Hall–Kier alpha value is -0.840. The topological polar surface area (TPSA) is 38.8 Å². The summed E-state index contributed by atoms with van der Waals surface area (Å²) in [5, 5.41) is 0.455. The van der Waals surface area contributed by atoms with Crippen LogP contribution in [-0.2, 0) is 0 Å². The third kappa shape index (κ3) is 4.22. The average molecular weight is 393 g/mol. The Bertz CT molecular complexity index is 623. The number of hydrogen-bond acceptors (Lipinski definition) is 3. The number of rotatable bonds is 4. The van der Waals surface area contributed by atoms with E-state index in [9.17, 15) is 4.79 Å². The molecule has 1 aromatic carbocycles. The van der Waals surface area contributed by atoms with Crippen molar-refractivity contribution in [2.24, 2.45) is 5.92 Å². The summed E-state index contributed by atoms with van der Waals surface area (Å²) in [5.41, 5.74) is 0. The first-order valence-corrected chi connectivity index (χ1v) is 9.29. The molecular formula is C17H20Cl3NO3. The van der Waals surface area contributed by atoms with E-state index in [1.54, 1.807) is 23.1 Å². The molecule has 7 heteroatoms. The number of likely N-dealkylation sites (tertiary alicyclic amines) is 1. The monoisotopic (exact) mass is 391 g/mol. The third-order valence-corrected chi connectivity index (χ3v) is 5.78. The van der Waals surface area contributed by atoms with Crippen molar-refractivity contribution in [2.45, 2.75) is 43.0 Å². The Morgan fingerprint density at radius 3 is 2.79 bits per heavy atom. The van der Waals surface area contributed by atoms with E-state index in [4.69, 9.17) is 44.3 Å². The SMILES string of the molecule is CC1CCCCN1C(=O)Oc1ccc(Cl)c(OCC2CC2(Cl)Cl)c1. The minimum absolute atomic E-state index is 0.0947. The van der Waals surface area contributed by atoms with Crippen LogP contribution in [0.1, 0.15) is 32.6 Å². The van der Waals surface area contributed by atoms with Crippen molar-refractivity contribution >= 4 is 40.9 Å². The van der Waals surface area contributed by atoms with E-state index in [-0.39, 0.29) is 18.1 Å². The number of halogens is 3. The summed E-state index contributed by atoms with van der Waals surface area (Å²) in [5.74, 6) is 0.970. The van der Waals surface area contributed by atoms with Gasteiger partial charge in [-0.25, -0.2) is 4.79 Å². The van der Waals surface area contributed by atoms with Gasteiger partial charge < -0.3 is 14.4 Å². The van der Waals surface area contributed by atoms with Gasteiger partial charge in [-0.1, -0.05) is 11.6 Å². The quantitative estimate of drug-likeness (QED) is 0.654. The number of amides is 1. The van der Waals surface area contributed by atoms with Crippen molar-refractivity contribution in [3.63, 3.8) is 0 Å². The molecule has 1 heterocycles. The van der Waals surface area contributed by atoms with Gasteiger partial charge in [-0.15, -0.1) is 23.2 Å². The number of hydrogen-bond donors (Lipinski definition) is 0. The number of benzene rings is 1. The summed E-state index contributed by atoms with van der Waals surface area (Å²) in [7, 11) is 0. The Balaban J connectivity index is 1.61. The van der Waals surface area contributed by atoms with Crippen LogP contribution in [0.25, 0.3) is 0 Å². The molecule has 2 aliphatic rings. The number of ether oxygens (including phenoxy) is 2. The smallest absolute Gasteiger partial charge is 0.415 e. The van der Waals surface area contributed by atoms with Crippen molar-refractivity contribution < 1.29 is 14.3 Å². The summed E-state index contributed by atoms with van der Waals surface area (Å²) in [6.07, 6.45) is 3.53. The van der Waals surface area contributed by atoms with Gasteiger partial charge in [-0.2, -0.15) is 0 Å². The number of alkyl halides is 2. The summed E-state index contributed by atoms with van der Waals surface area (Å²) >= 11 is 18.1. The lowest BCUT2D eigenvalue weighted by Crippen LogP contribution is -2.43. The highest BCUT2D eigenvalue weighted by atomic mass is 35.5. The predicted octanol–water partition coefficient (Wildman–Crippen LogP) is 5.29. The molecule has 0 bridgehead atoms. The normalized spacial score (nSPS) is 25.2. The molecule has 1 aliphatic carbocycles. The maximum atomic E-state index is 12.3. The molecule has 3 rings (SSSR count). The second kappa shape index (κ2) is 7.19. The van der Waals surface area contributed by atoms with Crippen LogP contribution in [0.3, 0.4) is 0 Å². The van der Waals surface area contributed by atoms with Crippen molar-refractivity contribution in [2.75, 3.05) is 13.2 Å². The van der Waals surface area contributed by atoms with Crippen LogP contribution >= 0.6 is 34.8 Å². The predicted molar refractivity (Wildman–Crippen MR) is 95.5 cm³/mol. The lowest BCUT2D eigenvalue weighted by molar-refractivity contribution is 0.118. The first kappa shape index (κ1) is 18.0. The van der Waals surface area contributed by atoms with Gasteiger partial charge in [-0.3, -0.25) is 0 Å². The molecule has 1 aromatic rings. The van der Waals surface area contributed by atoms with Crippen molar-refractivity contribution in [3.8, 4) is 11.5 Å². The van der Waals surface area contributed by atoms with E-state index >= 15 is 0 Å². The van der Waals surface area contributed by atoms with E-state index < -0.39 is 4.33 Å². The Kier molecular flexibility index (Phi) is 5.38. The van der Waals surface area contributed by atoms with Gasteiger partial charge in [0, 0.05) is 24.6 Å². The summed E-state index contributed by atoms with van der Waals surface area (Å²) < 4.78 is 10.5. The lowest BCUT2D eigenvalue weighted by atomic mass is 10.0. The standard InChI is InChI=1S/C17H20Cl3NO3/c1-11-4-2-3-7-21(11)16(22)24-13-5-6-14(18)15(8-13)23-10-12-9-17(12,19)20/h5-6,8,11-12H,2-4,7,9-10H2,1H3. The molecule has 132 valence electrons. The summed E-state index contributed by atoms with van der Waals surface area (Å²) in [6.45, 7) is 3.15. The van der Waals surface area contributed by atoms with Gasteiger partial charge in [-0.05, 0) is 44.7 Å². The highest BCUT2D eigenvalue weighted by Gasteiger charge is 2.52. The largest absolute Gasteiger partial charge is 0.491 e. The third-order valence-electron chi connectivity index (χ3n) is 4.54. The highest BCUT2D eigenvalue weighted by Crippen LogP contribution is 2.53. The Labute approximate surface area is 156 Å². The van der Waals surface area contributed by atoms with Crippen molar-refractivity contribution in [1.29, 1.82) is 0 Å². The Morgan fingerprint density at radius 1 is 1.38 bits per heavy atom. The van der Waals surface area contributed by atoms with Gasteiger partial charge in [0.05, 0.1) is 11.6 Å². The van der Waals surface area contributed by atoms with Crippen LogP contribution in [-0.4, -0.2) is 34.5 Å². The first-order chi connectivity index (χ1) is 11.4. The van der Waals surface area contributed by atoms with E-state index in [0.29, 0.717) is 29.5 Å². The van der Waals surface area contributed by atoms with Gasteiger partial charge in [0.1, 0.15) is 15.8 Å². The summed E-state index contributed by atoms with van der Waals surface area (Å²) in [6, 6.07) is 5.14. The van der Waals surface area contributed by atoms with Crippen LogP contribution in [0.4, 0.5) is 4.79 Å². The van der Waals surface area contributed by atoms with Crippen LogP contribution in [0.5, 0.6) is 11.5 Å². The van der Waals surface area contributed by atoms with E-state index in [0.717, 1.165) is 25.8 Å². The highest BCUT2D eigenvalue weighted by molar-refractivity contribution is 6.50. The van der Waals surface area contributed by atoms with Crippen LogP contribution in [0, 0.1) is 5.92 Å². The second-order valence-corrected chi connectivity index (χ2v) is 8.42. The van der Waals surface area contributed by atoms with Gasteiger partial charge in [0.2, 0.25) is 0 Å². The summed E-state index contributed by atoms with van der Waals surface area (Å²) in [4.78, 5) is 14.1. The number of carbonyl (C=O) groups is 1. The fourth-order valence-corrected chi connectivity index (χ4v) is 3.50. The van der Waals surface area contributed by atoms with E-state index in [1.165, 1.54) is 0 Å². The number of piperidine rings is 1. The fourth-order valence-electron chi connectivity index (χ4n) is 2.83. The van der Waals surface area contributed by atoms with E-state index in [1.807, 2.05) is 6.92 Å². The van der Waals surface area contributed by atoms with Crippen molar-refractivity contribution in [1.82, 2.24) is 4.90 Å². The molecule has 2 unspecified atom stereocenters.